The molecular formula is C49H38N2O8. The zero-order valence-electron chi connectivity index (χ0n) is 31.9. The number of aromatic hydroxyl groups is 1. The second-order valence-electron chi connectivity index (χ2n) is 15.4. The molecule has 6 atom stereocenters. The third kappa shape index (κ3) is 6.37. The second kappa shape index (κ2) is 14.9. The maximum absolute atomic E-state index is 14.6. The van der Waals surface area contributed by atoms with E-state index in [2.05, 4.69) is 0 Å². The van der Waals surface area contributed by atoms with Gasteiger partial charge in [0.2, 0.25) is 23.6 Å². The summed E-state index contributed by atoms with van der Waals surface area (Å²) in [7, 11) is 1.45. The fourth-order valence-corrected chi connectivity index (χ4v) is 9.41. The van der Waals surface area contributed by atoms with E-state index in [0.29, 0.717) is 39.2 Å². The van der Waals surface area contributed by atoms with Crippen molar-refractivity contribution in [1.82, 2.24) is 0 Å². The monoisotopic (exact) mass is 782 g/mol. The third-order valence-electron chi connectivity index (χ3n) is 12.2. The van der Waals surface area contributed by atoms with Crippen molar-refractivity contribution >= 4 is 52.6 Å². The van der Waals surface area contributed by atoms with Crippen LogP contribution in [0.15, 0.2) is 145 Å². The molecule has 9 rings (SSSR count). The Balaban J connectivity index is 1.04. The van der Waals surface area contributed by atoms with Crippen molar-refractivity contribution in [2.24, 2.45) is 35.5 Å². The van der Waals surface area contributed by atoms with Gasteiger partial charge in [-0.25, -0.2) is 0 Å². The number of imide groups is 2. The van der Waals surface area contributed by atoms with Crippen LogP contribution in [0.2, 0.25) is 0 Å². The van der Waals surface area contributed by atoms with Crippen LogP contribution in [0.5, 0.6) is 11.5 Å². The first-order valence-corrected chi connectivity index (χ1v) is 19.5. The first kappa shape index (κ1) is 37.4. The zero-order valence-corrected chi connectivity index (χ0v) is 31.9. The van der Waals surface area contributed by atoms with E-state index >= 15 is 0 Å². The maximum Gasteiger partial charge on any atom is 0.238 e. The van der Waals surface area contributed by atoms with Crippen LogP contribution in [0.4, 0.5) is 11.4 Å². The van der Waals surface area contributed by atoms with Crippen LogP contribution in [0, 0.1) is 35.5 Å². The number of hydrogen-bond acceptors (Lipinski definition) is 8. The summed E-state index contributed by atoms with van der Waals surface area (Å²) in [6.45, 7) is 0. The van der Waals surface area contributed by atoms with Gasteiger partial charge in [0.1, 0.15) is 0 Å². The SMILES string of the molecule is COc1cc(C=C[C@H]2C3=CC[C@@H]4C(=O)N(c5ccc(C(=O)c6ccccc6)cc5)C(=O)[C@@H]4[C@@H]3C[C@H]3C(=O)N(c4ccc(C(=O)c5ccccc5)cc4)C(=O)[C@@H]23)ccc1O. The van der Waals surface area contributed by atoms with Crippen LogP contribution in [-0.4, -0.2) is 47.4 Å². The molecule has 59 heavy (non-hydrogen) atoms. The van der Waals surface area contributed by atoms with Crippen LogP contribution in [-0.2, 0) is 19.2 Å². The van der Waals surface area contributed by atoms with Crippen LogP contribution < -0.4 is 14.5 Å². The first-order valence-electron chi connectivity index (χ1n) is 19.5. The molecule has 2 aliphatic heterocycles. The predicted octanol–water partition coefficient (Wildman–Crippen LogP) is 7.45. The first-order chi connectivity index (χ1) is 28.6. The number of carbonyl (C=O) groups is 6. The van der Waals surface area contributed by atoms with E-state index in [0.717, 1.165) is 5.57 Å². The summed E-state index contributed by atoms with van der Waals surface area (Å²) >= 11 is 0. The Morgan fingerprint density at radius 2 is 1.12 bits per heavy atom. The number of phenols is 1. The number of benzene rings is 5. The summed E-state index contributed by atoms with van der Waals surface area (Å²) in [6.07, 6.45) is 6.13. The molecule has 2 heterocycles. The molecule has 10 heteroatoms. The van der Waals surface area contributed by atoms with Gasteiger partial charge in [-0.15, -0.1) is 0 Å². The zero-order chi connectivity index (χ0) is 40.9. The Labute approximate surface area is 340 Å². The van der Waals surface area contributed by atoms with Gasteiger partial charge in [-0.1, -0.05) is 90.5 Å². The lowest BCUT2D eigenvalue weighted by molar-refractivity contribution is -0.126. The third-order valence-corrected chi connectivity index (χ3v) is 12.2. The number of amides is 4. The summed E-state index contributed by atoms with van der Waals surface area (Å²) in [5.74, 6) is -5.76. The largest absolute Gasteiger partial charge is 0.504 e. The minimum Gasteiger partial charge on any atom is -0.504 e. The van der Waals surface area contributed by atoms with Gasteiger partial charge in [-0.2, -0.15) is 0 Å². The fourth-order valence-electron chi connectivity index (χ4n) is 9.41. The lowest BCUT2D eigenvalue weighted by atomic mass is 9.58. The van der Waals surface area contributed by atoms with E-state index in [4.69, 9.17) is 4.74 Å². The summed E-state index contributed by atoms with van der Waals surface area (Å²) in [5, 5.41) is 10.2. The van der Waals surface area contributed by atoms with Crippen molar-refractivity contribution in [3.8, 4) is 11.5 Å². The highest BCUT2D eigenvalue weighted by molar-refractivity contribution is 6.24. The average Bonchev–Trinajstić information content (AvgIpc) is 3.69. The Hall–Kier alpha value is -7.20. The molecule has 4 amide bonds. The summed E-state index contributed by atoms with van der Waals surface area (Å²) < 4.78 is 5.32. The molecule has 4 aliphatic rings. The summed E-state index contributed by atoms with van der Waals surface area (Å²) in [4.78, 5) is 86.3. The van der Waals surface area contributed by atoms with Gasteiger partial charge in [-0.3, -0.25) is 38.6 Å². The molecule has 0 bridgehead atoms. The number of methoxy groups -OCH3 is 1. The Morgan fingerprint density at radius 3 is 1.66 bits per heavy atom. The quantitative estimate of drug-likeness (QED) is 0.0925. The second-order valence-corrected chi connectivity index (χ2v) is 15.4. The number of ether oxygens (including phenoxy) is 1. The van der Waals surface area contributed by atoms with Gasteiger partial charge in [0, 0.05) is 28.2 Å². The number of allylic oxidation sites excluding steroid dienone is 3. The molecule has 292 valence electrons. The van der Waals surface area contributed by atoms with Crippen molar-refractivity contribution in [2.75, 3.05) is 16.9 Å². The van der Waals surface area contributed by atoms with Crippen molar-refractivity contribution in [3.63, 3.8) is 0 Å². The molecule has 5 aromatic carbocycles. The molecule has 10 nitrogen and oxygen atoms in total. The van der Waals surface area contributed by atoms with Crippen molar-refractivity contribution < 1.29 is 38.6 Å². The number of nitrogens with zero attached hydrogens (tertiary/aromatic N) is 2. The Bertz CT molecular complexity index is 2600. The molecule has 2 saturated heterocycles. The van der Waals surface area contributed by atoms with Gasteiger partial charge in [0.25, 0.3) is 0 Å². The van der Waals surface area contributed by atoms with E-state index in [1.54, 1.807) is 109 Å². The molecule has 2 aliphatic carbocycles. The van der Waals surface area contributed by atoms with Crippen molar-refractivity contribution in [3.05, 3.63) is 173 Å². The smallest absolute Gasteiger partial charge is 0.238 e. The number of hydrogen-bond donors (Lipinski definition) is 1. The lowest BCUT2D eigenvalue weighted by Crippen LogP contribution is -2.43. The molecule has 1 saturated carbocycles. The maximum atomic E-state index is 14.6. The Morgan fingerprint density at radius 1 is 0.610 bits per heavy atom. The normalized spacial score (nSPS) is 23.5. The number of rotatable bonds is 9. The minimum atomic E-state index is -0.793. The van der Waals surface area contributed by atoms with Crippen molar-refractivity contribution in [2.45, 2.75) is 12.8 Å². The van der Waals surface area contributed by atoms with E-state index in [1.165, 1.54) is 23.0 Å². The van der Waals surface area contributed by atoms with Crippen molar-refractivity contribution in [1.29, 1.82) is 0 Å². The molecule has 0 aromatic heterocycles. The fraction of sp³-hybridized carbons (Fsp3) is 0.184. The molecule has 0 radical (unpaired) electrons. The van der Waals surface area contributed by atoms with Gasteiger partial charge in [0.05, 0.1) is 42.2 Å². The number of anilines is 2. The highest BCUT2D eigenvalue weighted by atomic mass is 16.5. The number of ketones is 2. The van der Waals surface area contributed by atoms with Crippen LogP contribution in [0.3, 0.4) is 0 Å². The molecule has 0 unspecified atom stereocenters. The van der Waals surface area contributed by atoms with Gasteiger partial charge in [0.15, 0.2) is 23.1 Å². The number of carbonyl (C=O) groups excluding carboxylic acids is 6. The highest BCUT2D eigenvalue weighted by Gasteiger charge is 2.61. The van der Waals surface area contributed by atoms with Crippen LogP contribution in [0.25, 0.3) is 6.08 Å². The van der Waals surface area contributed by atoms with Gasteiger partial charge >= 0.3 is 0 Å². The van der Waals surface area contributed by atoms with Gasteiger partial charge in [-0.05, 0) is 85.0 Å². The molecule has 5 aromatic rings. The molecule has 0 spiro atoms. The number of fused-ring (bicyclic) bond motifs is 4. The van der Waals surface area contributed by atoms with Crippen LogP contribution in [0.1, 0.15) is 50.2 Å². The standard InChI is InChI=1S/C49H38N2O8/c1-59-41-26-28(13-25-40(41)52)12-22-36-35-23-24-37-43(49(58)50(46(37)55)33-18-14-31(15-19-33)44(53)29-8-4-2-5-9-29)38(35)27-39-42(36)48(57)51(47(39)56)34-20-16-32(17-21-34)45(54)30-10-6-3-7-11-30/h2-23,25-26,36-39,42-43,52H,24,27H2,1H3/t36-,37-,38+,39+,42-,43-/m0/s1. The Kier molecular flexibility index (Phi) is 9.47. The molecular weight excluding hydrogens is 745 g/mol. The highest BCUT2D eigenvalue weighted by Crippen LogP contribution is 2.56. The van der Waals surface area contributed by atoms with E-state index in [1.807, 2.05) is 30.4 Å². The van der Waals surface area contributed by atoms with Gasteiger partial charge < -0.3 is 9.84 Å². The molecule has 1 N–H and O–H groups in total. The average molecular weight is 783 g/mol. The molecule has 3 fully saturated rings. The van der Waals surface area contributed by atoms with E-state index in [-0.39, 0.29) is 53.6 Å². The topological polar surface area (TPSA) is 138 Å². The van der Waals surface area contributed by atoms with E-state index < -0.39 is 41.4 Å². The lowest BCUT2D eigenvalue weighted by Gasteiger charge is -2.42. The number of phenolic OH excluding ortho intramolecular Hbond substituents is 1. The summed E-state index contributed by atoms with van der Waals surface area (Å²) in [6, 6.07) is 35.4. The predicted molar refractivity (Wildman–Crippen MR) is 220 cm³/mol. The van der Waals surface area contributed by atoms with E-state index in [9.17, 15) is 33.9 Å². The van der Waals surface area contributed by atoms with Crippen LogP contribution >= 0.6 is 0 Å². The minimum absolute atomic E-state index is 0.0291. The summed E-state index contributed by atoms with van der Waals surface area (Å²) in [5.41, 5.74) is 4.09.